The topological polar surface area (TPSA) is 81.7 Å². The fourth-order valence-electron chi connectivity index (χ4n) is 2.63. The molecule has 0 bridgehead atoms. The number of carbonyl (C=O) groups is 2. The maximum atomic E-state index is 11.7. The number of carbonyl (C=O) groups excluding carboxylic acids is 1. The number of unbranched alkanes of at least 4 members (excludes halogenated alkanes) is 3. The van der Waals surface area contributed by atoms with Gasteiger partial charge in [-0.05, 0) is 46.2 Å². The summed E-state index contributed by atoms with van der Waals surface area (Å²) in [6, 6.07) is -0.103. The summed E-state index contributed by atoms with van der Waals surface area (Å²) < 4.78 is 0. The minimum Gasteiger partial charge on any atom is -0.481 e. The Morgan fingerprint density at radius 2 is 1.76 bits per heavy atom. The van der Waals surface area contributed by atoms with E-state index in [1.54, 1.807) is 0 Å². The van der Waals surface area contributed by atoms with Gasteiger partial charge in [0.25, 0.3) is 0 Å². The van der Waals surface area contributed by atoms with Crippen LogP contribution in [0.3, 0.4) is 0 Å². The number of aliphatic carboxylic acids is 1. The zero-order valence-corrected chi connectivity index (χ0v) is 13.3. The molecule has 0 aromatic carbocycles. The van der Waals surface area contributed by atoms with Crippen LogP contribution in [-0.2, 0) is 4.79 Å². The quantitative estimate of drug-likeness (QED) is 0.537. The summed E-state index contributed by atoms with van der Waals surface area (Å²) in [5.41, 5.74) is 0.147. The van der Waals surface area contributed by atoms with Crippen LogP contribution in [0.15, 0.2) is 0 Å². The van der Waals surface area contributed by atoms with Gasteiger partial charge in [-0.1, -0.05) is 12.8 Å². The molecule has 1 rings (SSSR count). The van der Waals surface area contributed by atoms with Crippen molar-refractivity contribution in [3.05, 3.63) is 0 Å². The van der Waals surface area contributed by atoms with Gasteiger partial charge in [0.1, 0.15) is 0 Å². The third-order valence-corrected chi connectivity index (χ3v) is 4.41. The third kappa shape index (κ3) is 6.33. The first-order valence-corrected chi connectivity index (χ1v) is 7.87. The molecule has 0 saturated heterocycles. The van der Waals surface area contributed by atoms with E-state index in [9.17, 15) is 9.59 Å². The predicted octanol–water partition coefficient (Wildman–Crippen LogP) is 1.80. The van der Waals surface area contributed by atoms with Crippen molar-refractivity contribution in [3.8, 4) is 0 Å². The minimum atomic E-state index is -0.738. The summed E-state index contributed by atoms with van der Waals surface area (Å²) in [5, 5.41) is 14.3. The van der Waals surface area contributed by atoms with Crippen molar-refractivity contribution in [3.63, 3.8) is 0 Å². The van der Waals surface area contributed by atoms with Gasteiger partial charge in [0, 0.05) is 25.0 Å². The van der Waals surface area contributed by atoms with Crippen LogP contribution in [0, 0.1) is 0 Å². The summed E-state index contributed by atoms with van der Waals surface area (Å²) in [7, 11) is 4.13. The summed E-state index contributed by atoms with van der Waals surface area (Å²) in [5.74, 6) is -0.738. The van der Waals surface area contributed by atoms with Gasteiger partial charge in [0.15, 0.2) is 0 Å². The lowest BCUT2D eigenvalue weighted by Crippen LogP contribution is -2.58. The molecule has 0 unspecified atom stereocenters. The van der Waals surface area contributed by atoms with Crippen LogP contribution in [0.25, 0.3) is 0 Å². The fraction of sp³-hybridized carbons (Fsp3) is 0.867. The van der Waals surface area contributed by atoms with Crippen molar-refractivity contribution in [2.45, 2.75) is 56.9 Å². The molecule has 1 fully saturated rings. The van der Waals surface area contributed by atoms with Gasteiger partial charge in [0.05, 0.1) is 0 Å². The van der Waals surface area contributed by atoms with Crippen molar-refractivity contribution < 1.29 is 14.7 Å². The number of carboxylic acid groups (broad SMARTS) is 1. The highest BCUT2D eigenvalue weighted by molar-refractivity contribution is 5.73. The molecule has 0 heterocycles. The Hall–Kier alpha value is -1.30. The van der Waals surface area contributed by atoms with Crippen molar-refractivity contribution in [2.24, 2.45) is 0 Å². The minimum absolute atomic E-state index is 0.103. The average molecular weight is 299 g/mol. The largest absolute Gasteiger partial charge is 0.481 e. The molecule has 0 aliphatic heterocycles. The van der Waals surface area contributed by atoms with Crippen LogP contribution in [0.4, 0.5) is 4.79 Å². The van der Waals surface area contributed by atoms with E-state index < -0.39 is 5.97 Å². The molecule has 0 aromatic rings. The van der Waals surface area contributed by atoms with Crippen molar-refractivity contribution >= 4 is 12.0 Å². The summed E-state index contributed by atoms with van der Waals surface area (Å²) in [6.07, 6.45) is 7.22. The molecule has 6 heteroatoms. The Labute approximate surface area is 127 Å². The zero-order valence-electron chi connectivity index (χ0n) is 13.3. The molecule has 0 spiro atoms. The van der Waals surface area contributed by atoms with Gasteiger partial charge >= 0.3 is 12.0 Å². The monoisotopic (exact) mass is 299 g/mol. The van der Waals surface area contributed by atoms with E-state index in [0.29, 0.717) is 19.5 Å². The molecule has 1 aliphatic carbocycles. The van der Waals surface area contributed by atoms with E-state index in [-0.39, 0.29) is 18.0 Å². The lowest BCUT2D eigenvalue weighted by Gasteiger charge is -2.47. The molecule has 0 atom stereocenters. The van der Waals surface area contributed by atoms with Crippen LogP contribution in [0.1, 0.15) is 51.4 Å². The van der Waals surface area contributed by atoms with Crippen molar-refractivity contribution in [1.82, 2.24) is 15.5 Å². The summed E-state index contributed by atoms with van der Waals surface area (Å²) in [6.45, 7) is 1.35. The van der Waals surface area contributed by atoms with E-state index >= 15 is 0 Å². The van der Waals surface area contributed by atoms with Gasteiger partial charge in [-0.3, -0.25) is 4.79 Å². The highest BCUT2D eigenvalue weighted by Gasteiger charge is 2.39. The normalized spacial score (nSPS) is 16.3. The van der Waals surface area contributed by atoms with Crippen LogP contribution >= 0.6 is 0 Å². The molecular weight excluding hydrogens is 270 g/mol. The average Bonchev–Trinajstić information content (AvgIpc) is 2.35. The molecule has 0 aromatic heterocycles. The number of hydrogen-bond donors (Lipinski definition) is 3. The fourth-order valence-corrected chi connectivity index (χ4v) is 2.63. The molecule has 0 radical (unpaired) electrons. The van der Waals surface area contributed by atoms with E-state index in [2.05, 4.69) is 29.6 Å². The summed E-state index contributed by atoms with van der Waals surface area (Å²) in [4.78, 5) is 24.3. The van der Waals surface area contributed by atoms with Crippen LogP contribution in [0.2, 0.25) is 0 Å². The van der Waals surface area contributed by atoms with E-state index in [4.69, 9.17) is 5.11 Å². The number of nitrogens with zero attached hydrogens (tertiary/aromatic N) is 1. The zero-order chi connectivity index (χ0) is 15.7. The lowest BCUT2D eigenvalue weighted by atomic mass is 9.75. The smallest absolute Gasteiger partial charge is 0.314 e. The molecule has 122 valence electrons. The summed E-state index contributed by atoms with van der Waals surface area (Å²) >= 11 is 0. The van der Waals surface area contributed by atoms with Crippen LogP contribution in [0.5, 0.6) is 0 Å². The van der Waals surface area contributed by atoms with Gasteiger partial charge in [0.2, 0.25) is 0 Å². The number of amides is 2. The second-order valence-electron chi connectivity index (χ2n) is 6.14. The maximum absolute atomic E-state index is 11.7. The number of rotatable bonds is 10. The van der Waals surface area contributed by atoms with Gasteiger partial charge in [-0.15, -0.1) is 0 Å². The Bertz CT molecular complexity index is 341. The molecule has 2 amide bonds. The predicted molar refractivity (Wildman–Crippen MR) is 82.4 cm³/mol. The molecule has 21 heavy (non-hydrogen) atoms. The first-order chi connectivity index (χ1) is 9.96. The number of carboxylic acids is 1. The van der Waals surface area contributed by atoms with Gasteiger partial charge in [-0.2, -0.15) is 0 Å². The highest BCUT2D eigenvalue weighted by Crippen LogP contribution is 2.35. The Morgan fingerprint density at radius 1 is 1.10 bits per heavy atom. The molecule has 1 saturated carbocycles. The van der Waals surface area contributed by atoms with E-state index in [0.717, 1.165) is 32.1 Å². The second kappa shape index (κ2) is 8.87. The maximum Gasteiger partial charge on any atom is 0.314 e. The van der Waals surface area contributed by atoms with E-state index in [1.165, 1.54) is 6.42 Å². The molecular formula is C15H29N3O3. The van der Waals surface area contributed by atoms with Gasteiger partial charge in [-0.25, -0.2) is 4.79 Å². The SMILES string of the molecule is CN(C)C1(CNC(=O)NCCCCCCC(=O)O)CCC1. The van der Waals surface area contributed by atoms with Crippen LogP contribution in [-0.4, -0.2) is 54.7 Å². The highest BCUT2D eigenvalue weighted by atomic mass is 16.4. The number of nitrogens with one attached hydrogen (secondary N) is 2. The lowest BCUT2D eigenvalue weighted by molar-refractivity contribution is -0.137. The molecule has 1 aliphatic rings. The number of likely N-dealkylation sites (N-methyl/N-ethyl adjacent to an activating group) is 1. The second-order valence-corrected chi connectivity index (χ2v) is 6.14. The Kier molecular flexibility index (Phi) is 7.50. The van der Waals surface area contributed by atoms with Crippen LogP contribution < -0.4 is 10.6 Å². The Balaban J connectivity index is 2.00. The first-order valence-electron chi connectivity index (χ1n) is 7.87. The number of urea groups is 1. The van der Waals surface area contributed by atoms with Gasteiger partial charge < -0.3 is 20.6 Å². The third-order valence-electron chi connectivity index (χ3n) is 4.41. The molecule has 6 nitrogen and oxygen atoms in total. The van der Waals surface area contributed by atoms with Crippen molar-refractivity contribution in [2.75, 3.05) is 27.2 Å². The van der Waals surface area contributed by atoms with E-state index in [1.807, 2.05) is 0 Å². The standard InChI is InChI=1S/C15H29N3O3/c1-18(2)15(9-7-10-15)12-17-14(21)16-11-6-4-3-5-8-13(19)20/h3-12H2,1-2H3,(H,19,20)(H2,16,17,21). The first kappa shape index (κ1) is 17.8. The number of hydrogen-bond acceptors (Lipinski definition) is 3. The van der Waals surface area contributed by atoms with Crippen molar-refractivity contribution in [1.29, 1.82) is 0 Å². The molecule has 3 N–H and O–H groups in total. The Morgan fingerprint density at radius 3 is 2.29 bits per heavy atom.